The molecule has 1 heterocycles. The number of hydrogen-bond donors (Lipinski definition) is 1. The molecule has 20 heavy (non-hydrogen) atoms. The van der Waals surface area contributed by atoms with Crippen molar-refractivity contribution in [2.45, 2.75) is 43.9 Å². The van der Waals surface area contributed by atoms with Gasteiger partial charge in [0.15, 0.2) is 0 Å². The number of aromatic nitrogens is 1. The molecule has 1 saturated carbocycles. The van der Waals surface area contributed by atoms with Crippen LogP contribution in [0.3, 0.4) is 0 Å². The van der Waals surface area contributed by atoms with Crippen LogP contribution >= 0.6 is 0 Å². The SMILES string of the molecule is CNC1CCC(N(C)c2cc(C(F)(F)F)ccn2)CC1. The first-order valence-corrected chi connectivity index (χ1v) is 6.85. The number of hydrogen-bond acceptors (Lipinski definition) is 3. The van der Waals surface area contributed by atoms with Crippen LogP contribution in [0.5, 0.6) is 0 Å². The average Bonchev–Trinajstić information content (AvgIpc) is 2.46. The zero-order valence-corrected chi connectivity index (χ0v) is 11.7. The fourth-order valence-corrected chi connectivity index (χ4v) is 2.73. The monoisotopic (exact) mass is 287 g/mol. The number of nitrogens with zero attached hydrogens (tertiary/aromatic N) is 2. The summed E-state index contributed by atoms with van der Waals surface area (Å²) in [5.74, 6) is 0.396. The lowest BCUT2D eigenvalue weighted by atomic mass is 9.90. The molecule has 112 valence electrons. The number of nitrogens with one attached hydrogen (secondary N) is 1. The highest BCUT2D eigenvalue weighted by Gasteiger charge is 2.32. The van der Waals surface area contributed by atoms with Gasteiger partial charge in [-0.05, 0) is 44.9 Å². The van der Waals surface area contributed by atoms with Gasteiger partial charge in [-0.3, -0.25) is 0 Å². The Kier molecular flexibility index (Phi) is 4.52. The van der Waals surface area contributed by atoms with Crippen molar-refractivity contribution >= 4 is 5.82 Å². The minimum Gasteiger partial charge on any atom is -0.357 e. The summed E-state index contributed by atoms with van der Waals surface area (Å²) >= 11 is 0. The molecule has 0 bridgehead atoms. The van der Waals surface area contributed by atoms with Crippen LogP contribution in [0.1, 0.15) is 31.2 Å². The molecule has 1 fully saturated rings. The van der Waals surface area contributed by atoms with Crippen LogP contribution in [0.15, 0.2) is 18.3 Å². The van der Waals surface area contributed by atoms with E-state index in [1.54, 1.807) is 0 Å². The van der Waals surface area contributed by atoms with E-state index in [1.807, 2.05) is 19.0 Å². The Morgan fingerprint density at radius 2 is 1.90 bits per heavy atom. The van der Waals surface area contributed by atoms with Crippen LogP contribution in [0.25, 0.3) is 0 Å². The van der Waals surface area contributed by atoms with Gasteiger partial charge in [0.2, 0.25) is 0 Å². The smallest absolute Gasteiger partial charge is 0.357 e. The van der Waals surface area contributed by atoms with Crippen molar-refractivity contribution in [2.24, 2.45) is 0 Å². The first kappa shape index (κ1) is 15.1. The van der Waals surface area contributed by atoms with E-state index in [0.717, 1.165) is 37.8 Å². The Hall–Kier alpha value is -1.30. The molecule has 0 aliphatic heterocycles. The second-order valence-electron chi connectivity index (χ2n) is 5.31. The molecule has 1 aliphatic carbocycles. The summed E-state index contributed by atoms with van der Waals surface area (Å²) < 4.78 is 38.1. The van der Waals surface area contributed by atoms with Crippen LogP contribution in [0.2, 0.25) is 0 Å². The van der Waals surface area contributed by atoms with Crippen molar-refractivity contribution in [1.82, 2.24) is 10.3 Å². The van der Waals surface area contributed by atoms with Gasteiger partial charge < -0.3 is 10.2 Å². The van der Waals surface area contributed by atoms with Gasteiger partial charge >= 0.3 is 6.18 Å². The van der Waals surface area contributed by atoms with Crippen LogP contribution in [-0.2, 0) is 6.18 Å². The van der Waals surface area contributed by atoms with Gasteiger partial charge in [-0.2, -0.15) is 13.2 Å². The third-order valence-corrected chi connectivity index (χ3v) is 4.09. The van der Waals surface area contributed by atoms with Gasteiger partial charge in [-0.1, -0.05) is 0 Å². The molecule has 0 unspecified atom stereocenters. The molecule has 2 rings (SSSR count). The van der Waals surface area contributed by atoms with Crippen molar-refractivity contribution in [3.8, 4) is 0 Å². The maximum Gasteiger partial charge on any atom is 0.416 e. The van der Waals surface area contributed by atoms with Crippen molar-refractivity contribution < 1.29 is 13.2 Å². The van der Waals surface area contributed by atoms with Gasteiger partial charge in [0.05, 0.1) is 5.56 Å². The van der Waals surface area contributed by atoms with Crippen molar-refractivity contribution in [3.05, 3.63) is 23.9 Å². The summed E-state index contributed by atoms with van der Waals surface area (Å²) in [6, 6.07) is 2.92. The molecule has 1 aromatic rings. The number of alkyl halides is 3. The zero-order valence-electron chi connectivity index (χ0n) is 11.7. The van der Waals surface area contributed by atoms with Crippen LogP contribution in [-0.4, -0.2) is 31.2 Å². The second-order valence-corrected chi connectivity index (χ2v) is 5.31. The van der Waals surface area contributed by atoms with E-state index in [9.17, 15) is 13.2 Å². The van der Waals surface area contributed by atoms with E-state index in [0.29, 0.717) is 11.9 Å². The number of rotatable bonds is 3. The van der Waals surface area contributed by atoms with Crippen molar-refractivity contribution in [1.29, 1.82) is 0 Å². The molecule has 0 radical (unpaired) electrons. The van der Waals surface area contributed by atoms with Crippen molar-refractivity contribution in [3.63, 3.8) is 0 Å². The normalized spacial score (nSPS) is 23.6. The average molecular weight is 287 g/mol. The zero-order chi connectivity index (χ0) is 14.8. The lowest BCUT2D eigenvalue weighted by molar-refractivity contribution is -0.137. The summed E-state index contributed by atoms with van der Waals surface area (Å²) in [7, 11) is 3.77. The van der Waals surface area contributed by atoms with E-state index in [2.05, 4.69) is 10.3 Å². The third-order valence-electron chi connectivity index (χ3n) is 4.09. The highest BCUT2D eigenvalue weighted by molar-refractivity contribution is 5.42. The molecular weight excluding hydrogens is 267 g/mol. The Morgan fingerprint density at radius 3 is 2.45 bits per heavy atom. The fraction of sp³-hybridized carbons (Fsp3) is 0.643. The Balaban J connectivity index is 2.08. The lowest BCUT2D eigenvalue weighted by Gasteiger charge is -2.35. The van der Waals surface area contributed by atoms with Gasteiger partial charge in [0, 0.05) is 25.3 Å². The largest absolute Gasteiger partial charge is 0.416 e. The van der Waals surface area contributed by atoms with Crippen LogP contribution in [0.4, 0.5) is 19.0 Å². The van der Waals surface area contributed by atoms with Crippen LogP contribution < -0.4 is 10.2 Å². The Morgan fingerprint density at radius 1 is 1.25 bits per heavy atom. The van der Waals surface area contributed by atoms with Gasteiger partial charge in [-0.25, -0.2) is 4.98 Å². The minimum atomic E-state index is -4.32. The number of anilines is 1. The van der Waals surface area contributed by atoms with Crippen LogP contribution in [0, 0.1) is 0 Å². The summed E-state index contributed by atoms with van der Waals surface area (Å²) in [4.78, 5) is 5.95. The first-order chi connectivity index (χ1) is 9.41. The molecule has 0 atom stereocenters. The maximum atomic E-state index is 12.7. The fourth-order valence-electron chi connectivity index (χ4n) is 2.73. The predicted octanol–water partition coefficient (Wildman–Crippen LogP) is 3.07. The molecule has 0 spiro atoms. The number of halogens is 3. The topological polar surface area (TPSA) is 28.2 Å². The second kappa shape index (κ2) is 5.99. The minimum absolute atomic E-state index is 0.260. The van der Waals surface area contributed by atoms with E-state index in [4.69, 9.17) is 0 Å². The molecule has 6 heteroatoms. The predicted molar refractivity (Wildman–Crippen MR) is 72.7 cm³/mol. The van der Waals surface area contributed by atoms with E-state index in [-0.39, 0.29) is 6.04 Å². The molecule has 0 saturated heterocycles. The third kappa shape index (κ3) is 3.42. The first-order valence-electron chi connectivity index (χ1n) is 6.85. The molecule has 1 N–H and O–H groups in total. The summed E-state index contributed by atoms with van der Waals surface area (Å²) in [5, 5.41) is 3.25. The summed E-state index contributed by atoms with van der Waals surface area (Å²) in [6.07, 6.45) is 0.949. The molecule has 0 aromatic carbocycles. The molecule has 1 aliphatic rings. The lowest BCUT2D eigenvalue weighted by Crippen LogP contribution is -2.40. The van der Waals surface area contributed by atoms with E-state index < -0.39 is 11.7 Å². The maximum absolute atomic E-state index is 12.7. The standard InChI is InChI=1S/C14H20F3N3/c1-18-11-3-5-12(6-4-11)20(2)13-9-10(7-8-19-13)14(15,16)17/h7-9,11-12,18H,3-6H2,1-2H3. The Labute approximate surface area is 117 Å². The quantitative estimate of drug-likeness (QED) is 0.926. The van der Waals surface area contributed by atoms with E-state index in [1.165, 1.54) is 6.20 Å². The van der Waals surface area contributed by atoms with Gasteiger partial charge in [0.1, 0.15) is 5.82 Å². The van der Waals surface area contributed by atoms with Gasteiger partial charge in [0.25, 0.3) is 0 Å². The highest BCUT2D eigenvalue weighted by atomic mass is 19.4. The van der Waals surface area contributed by atoms with Crippen molar-refractivity contribution in [2.75, 3.05) is 19.0 Å². The van der Waals surface area contributed by atoms with Gasteiger partial charge in [-0.15, -0.1) is 0 Å². The highest BCUT2D eigenvalue weighted by Crippen LogP contribution is 2.32. The molecule has 3 nitrogen and oxygen atoms in total. The molecular formula is C14H20F3N3. The summed E-state index contributed by atoms with van der Waals surface area (Å²) in [5.41, 5.74) is -0.640. The summed E-state index contributed by atoms with van der Waals surface area (Å²) in [6.45, 7) is 0. The number of pyridine rings is 1. The molecule has 0 amide bonds. The van der Waals surface area contributed by atoms with E-state index >= 15 is 0 Å². The Bertz CT molecular complexity index is 440. The molecule has 1 aromatic heterocycles.